The Hall–Kier alpha value is -2.61. The average Bonchev–Trinajstić information content (AvgIpc) is 3.37. The molecule has 140 valence electrons. The fourth-order valence-corrected chi connectivity index (χ4v) is 4.18. The molecule has 0 aliphatic carbocycles. The molecule has 0 radical (unpaired) electrons. The Morgan fingerprint density at radius 3 is 2.59 bits per heavy atom. The summed E-state index contributed by atoms with van der Waals surface area (Å²) in [4.78, 5) is 14.0. The van der Waals surface area contributed by atoms with Crippen molar-refractivity contribution < 1.29 is 22.4 Å². The van der Waals surface area contributed by atoms with Crippen LogP contribution in [0.15, 0.2) is 65.5 Å². The van der Waals surface area contributed by atoms with Crippen LogP contribution in [-0.4, -0.2) is 21.1 Å². The number of hydrogen-bond donors (Lipinski definition) is 0. The summed E-state index contributed by atoms with van der Waals surface area (Å²) in [6.45, 7) is 0.384. The van der Waals surface area contributed by atoms with Crippen molar-refractivity contribution in [3.8, 4) is 5.69 Å². The Labute approximate surface area is 157 Å². The lowest BCUT2D eigenvalue weighted by Crippen LogP contribution is -2.27. The van der Waals surface area contributed by atoms with Gasteiger partial charge < -0.3 is 13.9 Å². The Bertz CT molecular complexity index is 933. The molecule has 1 fully saturated rings. The first-order valence-electron chi connectivity index (χ1n) is 8.21. The molecule has 3 aromatic rings. The van der Waals surface area contributed by atoms with Crippen molar-refractivity contribution in [3.05, 3.63) is 78.0 Å². The summed E-state index contributed by atoms with van der Waals surface area (Å²) in [7, 11) is 0. The summed E-state index contributed by atoms with van der Waals surface area (Å²) in [5, 5.41) is -0.154. The molecule has 1 amide bonds. The molecule has 1 aromatic carbocycles. The van der Waals surface area contributed by atoms with Gasteiger partial charge in [-0.3, -0.25) is 4.79 Å². The number of aromatic nitrogens is 1. The van der Waals surface area contributed by atoms with Crippen molar-refractivity contribution in [3.63, 3.8) is 0 Å². The molecule has 27 heavy (non-hydrogen) atoms. The minimum absolute atomic E-state index is 0.0312. The number of amides is 1. The van der Waals surface area contributed by atoms with E-state index in [-0.39, 0.29) is 11.3 Å². The topological polar surface area (TPSA) is 38.4 Å². The van der Waals surface area contributed by atoms with Crippen molar-refractivity contribution in [1.29, 1.82) is 0 Å². The van der Waals surface area contributed by atoms with Gasteiger partial charge in [0.1, 0.15) is 11.1 Å². The minimum atomic E-state index is -4.35. The maximum absolute atomic E-state index is 12.7. The van der Waals surface area contributed by atoms with Gasteiger partial charge in [0.05, 0.1) is 24.1 Å². The highest BCUT2D eigenvalue weighted by Crippen LogP contribution is 2.40. The molecule has 4 rings (SSSR count). The fourth-order valence-electron chi connectivity index (χ4n) is 3.01. The maximum atomic E-state index is 12.7. The fraction of sp³-hybridized carbons (Fsp3) is 0.211. The molecule has 0 N–H and O–H groups in total. The Morgan fingerprint density at radius 2 is 1.93 bits per heavy atom. The van der Waals surface area contributed by atoms with Gasteiger partial charge in [0.2, 0.25) is 5.91 Å². The number of carbonyl (C=O) groups is 1. The van der Waals surface area contributed by atoms with Crippen LogP contribution < -0.4 is 0 Å². The second-order valence-electron chi connectivity index (χ2n) is 6.16. The van der Waals surface area contributed by atoms with E-state index in [0.29, 0.717) is 23.7 Å². The molecule has 4 nitrogen and oxygen atoms in total. The van der Waals surface area contributed by atoms with Gasteiger partial charge in [0, 0.05) is 23.6 Å². The van der Waals surface area contributed by atoms with Crippen molar-refractivity contribution in [1.82, 2.24) is 9.47 Å². The van der Waals surface area contributed by atoms with E-state index in [1.807, 2.05) is 18.3 Å². The summed E-state index contributed by atoms with van der Waals surface area (Å²) in [5.41, 5.74) is 0.860. The first-order valence-corrected chi connectivity index (χ1v) is 9.26. The molecule has 1 atom stereocenters. The van der Waals surface area contributed by atoms with Crippen molar-refractivity contribution in [2.45, 2.75) is 18.1 Å². The van der Waals surface area contributed by atoms with Gasteiger partial charge in [0.15, 0.2) is 0 Å². The molecule has 1 aliphatic heterocycles. The molecule has 0 bridgehead atoms. The molecular formula is C19H15F3N2O2S. The van der Waals surface area contributed by atoms with Crippen LogP contribution in [0.1, 0.15) is 22.3 Å². The lowest BCUT2D eigenvalue weighted by Gasteiger charge is -2.22. The van der Waals surface area contributed by atoms with E-state index in [1.54, 1.807) is 28.0 Å². The van der Waals surface area contributed by atoms with E-state index in [1.165, 1.54) is 23.9 Å². The standard InChI is InChI=1S/C19H15F3N2O2S/c20-19(21,22)14-3-5-15(6-4-14)23-8-7-13(10-23)18-24(17(25)12-27-18)11-16-2-1-9-26-16/h1-10,18H,11-12H2. The molecule has 2 aromatic heterocycles. The molecule has 8 heteroatoms. The predicted octanol–water partition coefficient (Wildman–Crippen LogP) is 4.86. The lowest BCUT2D eigenvalue weighted by molar-refractivity contribution is -0.137. The summed E-state index contributed by atoms with van der Waals surface area (Å²) in [6.07, 6.45) is 0.840. The third-order valence-corrected chi connectivity index (χ3v) is 5.62. The van der Waals surface area contributed by atoms with Crippen molar-refractivity contribution in [2.24, 2.45) is 0 Å². The molecule has 0 saturated carbocycles. The summed E-state index contributed by atoms with van der Waals surface area (Å²) < 4.78 is 45.2. The van der Waals surface area contributed by atoms with Crippen molar-refractivity contribution in [2.75, 3.05) is 5.75 Å². The highest BCUT2D eigenvalue weighted by molar-refractivity contribution is 8.00. The van der Waals surface area contributed by atoms with Gasteiger partial charge in [-0.15, -0.1) is 11.8 Å². The van der Waals surface area contributed by atoms with Crippen LogP contribution in [0.5, 0.6) is 0 Å². The Morgan fingerprint density at radius 1 is 1.15 bits per heavy atom. The zero-order valence-electron chi connectivity index (χ0n) is 14.0. The van der Waals surface area contributed by atoms with Gasteiger partial charge in [-0.1, -0.05) is 0 Å². The third kappa shape index (κ3) is 3.62. The first kappa shape index (κ1) is 17.8. The first-order chi connectivity index (χ1) is 12.9. The van der Waals surface area contributed by atoms with Crippen LogP contribution in [0, 0.1) is 0 Å². The largest absolute Gasteiger partial charge is 0.467 e. The van der Waals surface area contributed by atoms with E-state index >= 15 is 0 Å². The lowest BCUT2D eigenvalue weighted by atomic mass is 10.2. The number of alkyl halides is 3. The van der Waals surface area contributed by atoms with E-state index in [9.17, 15) is 18.0 Å². The van der Waals surface area contributed by atoms with Crippen LogP contribution in [-0.2, 0) is 17.5 Å². The number of carbonyl (C=O) groups excluding carboxylic acids is 1. The van der Waals surface area contributed by atoms with Crippen LogP contribution >= 0.6 is 11.8 Å². The van der Waals surface area contributed by atoms with Gasteiger partial charge in [-0.25, -0.2) is 0 Å². The highest BCUT2D eigenvalue weighted by Gasteiger charge is 2.34. The quantitative estimate of drug-likeness (QED) is 0.636. The van der Waals surface area contributed by atoms with Crippen LogP contribution in [0.4, 0.5) is 13.2 Å². The second kappa shape index (κ2) is 6.84. The second-order valence-corrected chi connectivity index (χ2v) is 7.23. The molecule has 1 saturated heterocycles. The highest BCUT2D eigenvalue weighted by atomic mass is 32.2. The molecule has 0 spiro atoms. The van der Waals surface area contributed by atoms with Crippen molar-refractivity contribution >= 4 is 17.7 Å². The number of hydrogen-bond acceptors (Lipinski definition) is 3. The van der Waals surface area contributed by atoms with Gasteiger partial charge in [-0.05, 0) is 42.5 Å². The zero-order chi connectivity index (χ0) is 19.0. The van der Waals surface area contributed by atoms with Gasteiger partial charge in [0.25, 0.3) is 0 Å². The Balaban J connectivity index is 1.55. The van der Waals surface area contributed by atoms with Gasteiger partial charge >= 0.3 is 6.18 Å². The molecule has 1 unspecified atom stereocenters. The number of nitrogens with zero attached hydrogens (tertiary/aromatic N) is 2. The Kier molecular flexibility index (Phi) is 4.51. The summed E-state index contributed by atoms with van der Waals surface area (Å²) in [6, 6.07) is 10.5. The number of benzene rings is 1. The van der Waals surface area contributed by atoms with E-state index in [4.69, 9.17) is 4.42 Å². The summed E-state index contributed by atoms with van der Waals surface area (Å²) in [5.74, 6) is 1.12. The van der Waals surface area contributed by atoms with E-state index in [2.05, 4.69) is 0 Å². The average molecular weight is 392 g/mol. The maximum Gasteiger partial charge on any atom is 0.416 e. The monoisotopic (exact) mass is 392 g/mol. The van der Waals surface area contributed by atoms with Crippen LogP contribution in [0.3, 0.4) is 0 Å². The summed E-state index contributed by atoms with van der Waals surface area (Å²) >= 11 is 1.52. The third-order valence-electron chi connectivity index (χ3n) is 4.37. The molecule has 3 heterocycles. The van der Waals surface area contributed by atoms with E-state index < -0.39 is 11.7 Å². The molecular weight excluding hydrogens is 377 g/mol. The molecule has 1 aliphatic rings. The zero-order valence-corrected chi connectivity index (χ0v) is 14.8. The SMILES string of the molecule is O=C1CSC(c2ccn(-c3ccc(C(F)(F)F)cc3)c2)N1Cc1ccco1. The number of halogens is 3. The number of furan rings is 1. The predicted molar refractivity (Wildman–Crippen MR) is 95.2 cm³/mol. The number of rotatable bonds is 4. The van der Waals surface area contributed by atoms with Gasteiger partial charge in [-0.2, -0.15) is 13.2 Å². The van der Waals surface area contributed by atoms with Crippen LogP contribution in [0.25, 0.3) is 5.69 Å². The van der Waals surface area contributed by atoms with Crippen LogP contribution in [0.2, 0.25) is 0 Å². The van der Waals surface area contributed by atoms with E-state index in [0.717, 1.165) is 17.7 Å². The smallest absolute Gasteiger partial charge is 0.416 e. The number of thioether (sulfide) groups is 1. The minimum Gasteiger partial charge on any atom is -0.467 e. The normalized spacial score (nSPS) is 17.7.